The summed E-state index contributed by atoms with van der Waals surface area (Å²) in [4.78, 5) is 22.2. The van der Waals surface area contributed by atoms with Gasteiger partial charge in [0.15, 0.2) is 0 Å². The molecule has 0 saturated carbocycles. The Balaban J connectivity index is 1.31. The summed E-state index contributed by atoms with van der Waals surface area (Å²) >= 11 is 0. The Kier molecular flexibility index (Phi) is 3.93. The Labute approximate surface area is 139 Å². The van der Waals surface area contributed by atoms with Crippen molar-refractivity contribution in [3.05, 3.63) is 42.7 Å². The molecule has 0 N–H and O–H groups in total. The van der Waals surface area contributed by atoms with Gasteiger partial charge in [-0.25, -0.2) is 4.98 Å². The van der Waals surface area contributed by atoms with Gasteiger partial charge in [0.2, 0.25) is 11.8 Å². The lowest BCUT2D eigenvalue weighted by Crippen LogP contribution is -2.67. The first-order chi connectivity index (χ1) is 11.7. The van der Waals surface area contributed by atoms with Gasteiger partial charge < -0.3 is 18.8 Å². The highest BCUT2D eigenvalue weighted by Gasteiger charge is 2.49. The van der Waals surface area contributed by atoms with Crippen LogP contribution in [0.4, 0.5) is 0 Å². The van der Waals surface area contributed by atoms with Crippen molar-refractivity contribution in [2.45, 2.75) is 31.0 Å². The highest BCUT2D eigenvalue weighted by molar-refractivity contribution is 5.79. The van der Waals surface area contributed by atoms with Gasteiger partial charge in [-0.05, 0) is 12.1 Å². The molecule has 1 atom stereocenters. The molecule has 0 aliphatic carbocycles. The van der Waals surface area contributed by atoms with Gasteiger partial charge in [-0.2, -0.15) is 0 Å². The van der Waals surface area contributed by atoms with Crippen molar-refractivity contribution >= 4 is 5.91 Å². The quantitative estimate of drug-likeness (QED) is 0.845. The molecule has 4 rings (SSSR count). The van der Waals surface area contributed by atoms with Crippen molar-refractivity contribution in [3.8, 4) is 5.88 Å². The molecule has 2 fully saturated rings. The minimum absolute atomic E-state index is 0.0396. The van der Waals surface area contributed by atoms with Gasteiger partial charge in [0.25, 0.3) is 0 Å². The normalized spacial score (nSPS) is 22.2. The van der Waals surface area contributed by atoms with Crippen LogP contribution >= 0.6 is 0 Å². The fourth-order valence-corrected chi connectivity index (χ4v) is 3.32. The predicted octanol–water partition coefficient (Wildman–Crippen LogP) is 1.45. The molecule has 24 heavy (non-hydrogen) atoms. The summed E-state index contributed by atoms with van der Waals surface area (Å²) in [6.07, 6.45) is 8.34. The number of carbonyl (C=O) groups is 1. The van der Waals surface area contributed by atoms with Gasteiger partial charge in [0.1, 0.15) is 17.5 Å². The van der Waals surface area contributed by atoms with Crippen LogP contribution in [0.2, 0.25) is 0 Å². The Morgan fingerprint density at radius 1 is 1.42 bits per heavy atom. The van der Waals surface area contributed by atoms with Crippen molar-refractivity contribution in [3.63, 3.8) is 0 Å². The van der Waals surface area contributed by atoms with Crippen LogP contribution in [0.5, 0.6) is 5.88 Å². The van der Waals surface area contributed by atoms with E-state index in [2.05, 4.69) is 9.97 Å². The van der Waals surface area contributed by atoms with E-state index in [1.54, 1.807) is 30.9 Å². The first-order valence-electron chi connectivity index (χ1n) is 8.09. The van der Waals surface area contributed by atoms with E-state index >= 15 is 0 Å². The lowest BCUT2D eigenvalue weighted by Gasteiger charge is -2.52. The lowest BCUT2D eigenvalue weighted by atomic mass is 9.84. The number of hydrogen-bond acceptors (Lipinski definition) is 6. The average molecular weight is 329 g/mol. The molecule has 4 heterocycles. The van der Waals surface area contributed by atoms with E-state index in [1.165, 1.54) is 0 Å². The average Bonchev–Trinajstić information content (AvgIpc) is 3.06. The van der Waals surface area contributed by atoms with E-state index in [1.807, 2.05) is 11.0 Å². The number of nitrogens with zero attached hydrogens (tertiary/aromatic N) is 3. The van der Waals surface area contributed by atoms with E-state index in [9.17, 15) is 4.79 Å². The Hall–Kier alpha value is -2.41. The van der Waals surface area contributed by atoms with Gasteiger partial charge in [-0.15, -0.1) is 0 Å². The molecule has 2 aliphatic rings. The number of carbonyl (C=O) groups excluding carboxylic acids is 1. The SMILES string of the molecule is O=C(Cc1ccco1)N1CC2(C[C@H](Oc3cnccn3)CCO2)C1. The summed E-state index contributed by atoms with van der Waals surface area (Å²) in [7, 11) is 0. The minimum atomic E-state index is -0.288. The summed E-state index contributed by atoms with van der Waals surface area (Å²) in [5.74, 6) is 1.29. The molecule has 1 spiro atoms. The number of amides is 1. The van der Waals surface area contributed by atoms with E-state index in [-0.39, 0.29) is 17.6 Å². The van der Waals surface area contributed by atoms with Crippen LogP contribution in [0.3, 0.4) is 0 Å². The third kappa shape index (κ3) is 3.12. The molecule has 1 amide bonds. The number of rotatable bonds is 4. The van der Waals surface area contributed by atoms with Crippen LogP contribution < -0.4 is 4.74 Å². The largest absolute Gasteiger partial charge is 0.473 e. The third-order valence-corrected chi connectivity index (χ3v) is 4.49. The molecular weight excluding hydrogens is 310 g/mol. The van der Waals surface area contributed by atoms with Crippen molar-refractivity contribution in [2.75, 3.05) is 19.7 Å². The zero-order valence-corrected chi connectivity index (χ0v) is 13.3. The highest BCUT2D eigenvalue weighted by atomic mass is 16.5. The molecule has 0 unspecified atom stereocenters. The Bertz CT molecular complexity index is 683. The Morgan fingerprint density at radius 2 is 2.33 bits per heavy atom. The van der Waals surface area contributed by atoms with Crippen LogP contribution in [0.15, 0.2) is 41.4 Å². The molecule has 2 saturated heterocycles. The van der Waals surface area contributed by atoms with Crippen molar-refractivity contribution < 1.29 is 18.7 Å². The van der Waals surface area contributed by atoms with Gasteiger partial charge in [0.05, 0.1) is 38.6 Å². The van der Waals surface area contributed by atoms with Crippen molar-refractivity contribution in [1.82, 2.24) is 14.9 Å². The summed E-state index contributed by atoms with van der Waals surface area (Å²) in [5, 5.41) is 0. The minimum Gasteiger partial charge on any atom is -0.473 e. The second kappa shape index (κ2) is 6.24. The van der Waals surface area contributed by atoms with E-state index in [0.29, 0.717) is 37.8 Å². The summed E-state index contributed by atoms with van der Waals surface area (Å²) < 4.78 is 17.1. The molecule has 2 aromatic rings. The number of furan rings is 1. The second-order valence-electron chi connectivity index (χ2n) is 6.31. The van der Waals surface area contributed by atoms with Crippen LogP contribution in [0.1, 0.15) is 18.6 Å². The fraction of sp³-hybridized carbons (Fsp3) is 0.471. The summed E-state index contributed by atoms with van der Waals surface area (Å²) in [6.45, 7) is 1.84. The molecule has 0 bridgehead atoms. The molecule has 7 nitrogen and oxygen atoms in total. The van der Waals surface area contributed by atoms with Gasteiger partial charge in [0, 0.05) is 25.2 Å². The molecule has 0 aromatic carbocycles. The van der Waals surface area contributed by atoms with Gasteiger partial charge in [-0.1, -0.05) is 0 Å². The zero-order valence-electron chi connectivity index (χ0n) is 13.3. The van der Waals surface area contributed by atoms with Crippen molar-refractivity contribution in [1.29, 1.82) is 0 Å². The van der Waals surface area contributed by atoms with Gasteiger partial charge in [-0.3, -0.25) is 9.78 Å². The molecule has 2 aliphatic heterocycles. The molecule has 0 radical (unpaired) electrons. The molecule has 2 aromatic heterocycles. The standard InChI is InChI=1S/C17H19N3O4/c21-16(8-13-2-1-6-22-13)20-11-17(12-20)9-14(3-7-23-17)24-15-10-18-4-5-19-15/h1-2,4-6,10,14H,3,7-9,11-12H2/t14-/m1/s1. The van der Waals surface area contributed by atoms with Crippen LogP contribution in [0, 0.1) is 0 Å². The molecular formula is C17H19N3O4. The third-order valence-electron chi connectivity index (χ3n) is 4.49. The lowest BCUT2D eigenvalue weighted by molar-refractivity contribution is -0.193. The van der Waals surface area contributed by atoms with Gasteiger partial charge >= 0.3 is 0 Å². The molecule has 126 valence electrons. The maximum Gasteiger partial charge on any atom is 0.232 e. The number of hydrogen-bond donors (Lipinski definition) is 0. The van der Waals surface area contributed by atoms with E-state index < -0.39 is 0 Å². The number of ether oxygens (including phenoxy) is 2. The monoisotopic (exact) mass is 329 g/mol. The maximum atomic E-state index is 12.3. The second-order valence-corrected chi connectivity index (χ2v) is 6.31. The van der Waals surface area contributed by atoms with Crippen LogP contribution in [-0.4, -0.2) is 52.2 Å². The number of aromatic nitrogens is 2. The maximum absolute atomic E-state index is 12.3. The number of likely N-dealkylation sites (tertiary alicyclic amines) is 1. The summed E-state index contributed by atoms with van der Waals surface area (Å²) in [5.41, 5.74) is -0.288. The fourth-order valence-electron chi connectivity index (χ4n) is 3.32. The highest BCUT2D eigenvalue weighted by Crippen LogP contribution is 2.35. The predicted molar refractivity (Wildman–Crippen MR) is 83.4 cm³/mol. The van der Waals surface area contributed by atoms with Crippen LogP contribution in [0.25, 0.3) is 0 Å². The Morgan fingerprint density at radius 3 is 3.08 bits per heavy atom. The van der Waals surface area contributed by atoms with E-state index in [4.69, 9.17) is 13.9 Å². The first-order valence-corrected chi connectivity index (χ1v) is 8.09. The first kappa shape index (κ1) is 15.1. The van der Waals surface area contributed by atoms with Crippen LogP contribution in [-0.2, 0) is 16.0 Å². The topological polar surface area (TPSA) is 77.7 Å². The van der Waals surface area contributed by atoms with Crippen molar-refractivity contribution in [2.24, 2.45) is 0 Å². The summed E-state index contributed by atoms with van der Waals surface area (Å²) in [6, 6.07) is 3.61. The smallest absolute Gasteiger partial charge is 0.232 e. The zero-order chi connectivity index (χ0) is 16.4. The molecule has 7 heteroatoms. The van der Waals surface area contributed by atoms with E-state index in [0.717, 1.165) is 12.8 Å².